The van der Waals surface area contributed by atoms with Crippen molar-refractivity contribution in [3.05, 3.63) is 28.2 Å². The molecule has 0 aromatic heterocycles. The Morgan fingerprint density at radius 1 is 1.38 bits per heavy atom. The predicted molar refractivity (Wildman–Crippen MR) is 89.5 cm³/mol. The van der Waals surface area contributed by atoms with Crippen LogP contribution in [0.4, 0.5) is 0 Å². The van der Waals surface area contributed by atoms with E-state index in [0.29, 0.717) is 5.75 Å². The van der Waals surface area contributed by atoms with Crippen LogP contribution in [0.3, 0.4) is 0 Å². The Bertz CT molecular complexity index is 452. The Hall–Kier alpha value is -1.07. The smallest absolute Gasteiger partial charge is 0.258 e. The van der Waals surface area contributed by atoms with Gasteiger partial charge >= 0.3 is 0 Å². The maximum absolute atomic E-state index is 11.7. The average molecular weight is 357 g/mol. The molecule has 4 nitrogen and oxygen atoms in total. The van der Waals surface area contributed by atoms with Gasteiger partial charge in [-0.3, -0.25) is 4.79 Å². The van der Waals surface area contributed by atoms with Crippen LogP contribution in [0.1, 0.15) is 39.2 Å². The molecule has 1 rings (SSSR count). The second kappa shape index (κ2) is 9.79. The third kappa shape index (κ3) is 6.96. The van der Waals surface area contributed by atoms with Crippen molar-refractivity contribution in [1.29, 1.82) is 0 Å². The molecule has 1 aromatic carbocycles. The van der Waals surface area contributed by atoms with E-state index in [2.05, 4.69) is 33.5 Å². The zero-order valence-electron chi connectivity index (χ0n) is 13.0. The van der Waals surface area contributed by atoms with Gasteiger partial charge in [0.25, 0.3) is 5.91 Å². The topological polar surface area (TPSA) is 50.4 Å². The Balaban J connectivity index is 2.51. The van der Waals surface area contributed by atoms with Gasteiger partial charge in [0.2, 0.25) is 0 Å². The van der Waals surface area contributed by atoms with Gasteiger partial charge in [0, 0.05) is 17.1 Å². The number of ether oxygens (including phenoxy) is 1. The minimum atomic E-state index is -0.0853. The molecule has 5 heteroatoms. The largest absolute Gasteiger partial charge is 0.484 e. The number of carbonyl (C=O) groups excluding carboxylic acids is 1. The van der Waals surface area contributed by atoms with Gasteiger partial charge in [0.1, 0.15) is 5.75 Å². The van der Waals surface area contributed by atoms with Gasteiger partial charge in [0.15, 0.2) is 6.61 Å². The van der Waals surface area contributed by atoms with Crippen LogP contribution in [0.25, 0.3) is 0 Å². The number of hydrogen-bond donors (Lipinski definition) is 2. The molecule has 0 saturated carbocycles. The summed E-state index contributed by atoms with van der Waals surface area (Å²) in [7, 11) is 0. The van der Waals surface area contributed by atoms with E-state index in [9.17, 15) is 4.79 Å². The van der Waals surface area contributed by atoms with E-state index in [-0.39, 0.29) is 18.6 Å². The van der Waals surface area contributed by atoms with E-state index in [1.54, 1.807) is 0 Å². The quantitative estimate of drug-likeness (QED) is 0.667. The van der Waals surface area contributed by atoms with Gasteiger partial charge in [0.05, 0.1) is 0 Å². The number of amides is 1. The highest BCUT2D eigenvalue weighted by molar-refractivity contribution is 9.10. The molecule has 0 aliphatic rings. The fourth-order valence-corrected chi connectivity index (χ4v) is 2.13. The van der Waals surface area contributed by atoms with Crippen LogP contribution >= 0.6 is 15.9 Å². The van der Waals surface area contributed by atoms with Crippen LogP contribution < -0.4 is 15.4 Å². The van der Waals surface area contributed by atoms with E-state index in [4.69, 9.17) is 4.74 Å². The van der Waals surface area contributed by atoms with E-state index in [0.717, 1.165) is 36.0 Å². The predicted octanol–water partition coefficient (Wildman–Crippen LogP) is 3.24. The minimum Gasteiger partial charge on any atom is -0.484 e. The molecule has 0 fully saturated rings. The summed E-state index contributed by atoms with van der Waals surface area (Å²) in [5, 5.41) is 6.24. The molecule has 1 atom stereocenters. The van der Waals surface area contributed by atoms with Crippen molar-refractivity contribution in [2.24, 2.45) is 0 Å². The number of halogens is 1. The lowest BCUT2D eigenvalue weighted by molar-refractivity contribution is -0.123. The SMILES string of the molecule is CCCNCc1cc(OCC(=O)NC(C)CC)ccc1Br. The van der Waals surface area contributed by atoms with Gasteiger partial charge in [-0.15, -0.1) is 0 Å². The molecule has 0 aliphatic heterocycles. The molecule has 1 aromatic rings. The number of nitrogens with one attached hydrogen (secondary N) is 2. The maximum atomic E-state index is 11.7. The summed E-state index contributed by atoms with van der Waals surface area (Å²) in [6.07, 6.45) is 2.01. The van der Waals surface area contributed by atoms with Crippen molar-refractivity contribution in [3.63, 3.8) is 0 Å². The first-order chi connectivity index (χ1) is 10.1. The van der Waals surface area contributed by atoms with E-state index < -0.39 is 0 Å². The van der Waals surface area contributed by atoms with Crippen molar-refractivity contribution >= 4 is 21.8 Å². The van der Waals surface area contributed by atoms with Crippen molar-refractivity contribution in [1.82, 2.24) is 10.6 Å². The zero-order valence-corrected chi connectivity index (χ0v) is 14.6. The third-order valence-corrected chi connectivity index (χ3v) is 3.92. The Morgan fingerprint density at radius 3 is 2.81 bits per heavy atom. The second-order valence-electron chi connectivity index (χ2n) is 5.10. The maximum Gasteiger partial charge on any atom is 0.258 e. The zero-order chi connectivity index (χ0) is 15.7. The van der Waals surface area contributed by atoms with Crippen molar-refractivity contribution in [3.8, 4) is 5.75 Å². The van der Waals surface area contributed by atoms with Crippen molar-refractivity contribution in [2.45, 2.75) is 46.2 Å². The monoisotopic (exact) mass is 356 g/mol. The van der Waals surface area contributed by atoms with Gasteiger partial charge in [-0.25, -0.2) is 0 Å². The molecule has 0 saturated heterocycles. The number of benzene rings is 1. The Labute approximate surface area is 135 Å². The molecule has 1 amide bonds. The van der Waals surface area contributed by atoms with Crippen LogP contribution in [0, 0.1) is 0 Å². The second-order valence-corrected chi connectivity index (χ2v) is 5.95. The van der Waals surface area contributed by atoms with E-state index in [1.165, 1.54) is 0 Å². The highest BCUT2D eigenvalue weighted by atomic mass is 79.9. The summed E-state index contributed by atoms with van der Waals surface area (Å²) in [5.74, 6) is 0.628. The summed E-state index contributed by atoms with van der Waals surface area (Å²) in [6, 6.07) is 5.96. The van der Waals surface area contributed by atoms with Gasteiger partial charge in [-0.1, -0.05) is 29.8 Å². The molecule has 0 radical (unpaired) electrons. The molecule has 21 heavy (non-hydrogen) atoms. The first-order valence-electron chi connectivity index (χ1n) is 7.48. The lowest BCUT2D eigenvalue weighted by atomic mass is 10.2. The normalized spacial score (nSPS) is 12.0. The molecule has 0 spiro atoms. The highest BCUT2D eigenvalue weighted by Gasteiger charge is 2.07. The van der Waals surface area contributed by atoms with Crippen LogP contribution in [-0.4, -0.2) is 25.1 Å². The standard InChI is InChI=1S/C16H25BrN2O2/c1-4-8-18-10-13-9-14(6-7-15(13)17)21-11-16(20)19-12(3)5-2/h6-7,9,12,18H,4-5,8,10-11H2,1-3H3,(H,19,20). The lowest BCUT2D eigenvalue weighted by Gasteiger charge is -2.13. The fraction of sp³-hybridized carbons (Fsp3) is 0.562. The Kier molecular flexibility index (Phi) is 8.38. The van der Waals surface area contributed by atoms with Crippen LogP contribution in [0.5, 0.6) is 5.75 Å². The third-order valence-electron chi connectivity index (χ3n) is 3.15. The summed E-state index contributed by atoms with van der Waals surface area (Å²) in [6.45, 7) is 7.97. The summed E-state index contributed by atoms with van der Waals surface area (Å²) < 4.78 is 6.60. The van der Waals surface area contributed by atoms with Gasteiger partial charge < -0.3 is 15.4 Å². The minimum absolute atomic E-state index is 0.0494. The summed E-state index contributed by atoms with van der Waals surface area (Å²) in [5.41, 5.74) is 1.13. The fourth-order valence-electron chi connectivity index (χ4n) is 1.74. The molecule has 1 unspecified atom stereocenters. The number of hydrogen-bond acceptors (Lipinski definition) is 3. The molecule has 0 aliphatic carbocycles. The summed E-state index contributed by atoms with van der Waals surface area (Å²) >= 11 is 3.53. The molecule has 0 heterocycles. The van der Waals surface area contributed by atoms with Crippen LogP contribution in [0.15, 0.2) is 22.7 Å². The van der Waals surface area contributed by atoms with Crippen molar-refractivity contribution in [2.75, 3.05) is 13.2 Å². The summed E-state index contributed by atoms with van der Waals surface area (Å²) in [4.78, 5) is 11.7. The first kappa shape index (κ1) is 18.0. The molecular formula is C16H25BrN2O2. The molecule has 0 bridgehead atoms. The van der Waals surface area contributed by atoms with E-state index >= 15 is 0 Å². The van der Waals surface area contributed by atoms with Gasteiger partial charge in [-0.05, 0) is 50.1 Å². The Morgan fingerprint density at radius 2 is 2.14 bits per heavy atom. The van der Waals surface area contributed by atoms with E-state index in [1.807, 2.05) is 32.0 Å². The molecule has 2 N–H and O–H groups in total. The highest BCUT2D eigenvalue weighted by Crippen LogP contribution is 2.22. The van der Waals surface area contributed by atoms with Gasteiger partial charge in [-0.2, -0.15) is 0 Å². The first-order valence-corrected chi connectivity index (χ1v) is 8.27. The van der Waals surface area contributed by atoms with Crippen molar-refractivity contribution < 1.29 is 9.53 Å². The molecular weight excluding hydrogens is 332 g/mol. The number of carbonyl (C=O) groups is 1. The molecule has 118 valence electrons. The average Bonchev–Trinajstić information content (AvgIpc) is 2.47. The number of rotatable bonds is 9. The lowest BCUT2D eigenvalue weighted by Crippen LogP contribution is -2.35. The van der Waals surface area contributed by atoms with Crippen LogP contribution in [-0.2, 0) is 11.3 Å². The van der Waals surface area contributed by atoms with Crippen LogP contribution in [0.2, 0.25) is 0 Å².